The van der Waals surface area contributed by atoms with Gasteiger partial charge < -0.3 is 10.0 Å². The van der Waals surface area contributed by atoms with Gasteiger partial charge in [-0.2, -0.15) is 5.10 Å². The molecule has 3 rings (SSSR count). The molecule has 3 aromatic rings. The van der Waals surface area contributed by atoms with Crippen LogP contribution in [0.4, 0.5) is 5.82 Å². The zero-order valence-electron chi connectivity index (χ0n) is 13.1. The first kappa shape index (κ1) is 15.0. The average molecular weight is 311 g/mol. The summed E-state index contributed by atoms with van der Waals surface area (Å²) >= 11 is 0. The maximum Gasteiger partial charge on any atom is 0.335 e. The Morgan fingerprint density at radius 3 is 2.65 bits per heavy atom. The van der Waals surface area contributed by atoms with Crippen molar-refractivity contribution in [3.8, 4) is 11.3 Å². The number of rotatable bonds is 4. The molecule has 0 spiro atoms. The molecule has 0 saturated carbocycles. The van der Waals surface area contributed by atoms with Gasteiger partial charge in [-0.05, 0) is 32.0 Å². The van der Waals surface area contributed by atoms with E-state index in [1.807, 2.05) is 11.9 Å². The van der Waals surface area contributed by atoms with E-state index in [9.17, 15) is 4.79 Å². The Labute approximate surface area is 133 Å². The lowest BCUT2D eigenvalue weighted by atomic mass is 10.1. The second kappa shape index (κ2) is 5.68. The molecule has 0 radical (unpaired) electrons. The van der Waals surface area contributed by atoms with Crippen molar-refractivity contribution in [2.75, 3.05) is 11.9 Å². The fraction of sp³-hybridized carbons (Fsp3) is 0.250. The lowest BCUT2D eigenvalue weighted by Crippen LogP contribution is -2.27. The van der Waals surface area contributed by atoms with Crippen molar-refractivity contribution < 1.29 is 9.90 Å². The van der Waals surface area contributed by atoms with Gasteiger partial charge in [0.15, 0.2) is 5.82 Å². The number of anilines is 1. The number of aromatic carboxylic acids is 1. The van der Waals surface area contributed by atoms with Crippen molar-refractivity contribution in [3.63, 3.8) is 0 Å². The van der Waals surface area contributed by atoms with Gasteiger partial charge >= 0.3 is 5.97 Å². The molecule has 2 aromatic heterocycles. The number of benzene rings is 1. The lowest BCUT2D eigenvalue weighted by Gasteiger charge is -2.24. The average Bonchev–Trinajstić information content (AvgIpc) is 3.06. The second-order valence-electron chi connectivity index (χ2n) is 5.60. The van der Waals surface area contributed by atoms with Crippen molar-refractivity contribution in [1.82, 2.24) is 20.2 Å². The summed E-state index contributed by atoms with van der Waals surface area (Å²) in [5.74, 6) is -0.289. The first-order valence-electron chi connectivity index (χ1n) is 7.24. The number of fused-ring (bicyclic) bond motifs is 1. The van der Waals surface area contributed by atoms with E-state index in [1.165, 1.54) is 6.07 Å². The van der Waals surface area contributed by atoms with E-state index in [0.717, 1.165) is 5.56 Å². The molecule has 0 atom stereocenters. The number of nitrogens with zero attached hydrogens (tertiary/aromatic N) is 4. The minimum atomic E-state index is -0.980. The second-order valence-corrected chi connectivity index (χ2v) is 5.60. The van der Waals surface area contributed by atoms with Crippen LogP contribution in [0.1, 0.15) is 24.2 Å². The maximum atomic E-state index is 11.2. The van der Waals surface area contributed by atoms with Gasteiger partial charge in [-0.15, -0.1) is 0 Å². The number of hydrogen-bond acceptors (Lipinski definition) is 5. The van der Waals surface area contributed by atoms with Crippen LogP contribution in [-0.4, -0.2) is 44.3 Å². The monoisotopic (exact) mass is 311 g/mol. The quantitative estimate of drug-likeness (QED) is 0.769. The Kier molecular flexibility index (Phi) is 3.69. The summed E-state index contributed by atoms with van der Waals surface area (Å²) < 4.78 is 0. The molecule has 0 fully saturated rings. The fourth-order valence-electron chi connectivity index (χ4n) is 2.24. The van der Waals surface area contributed by atoms with Gasteiger partial charge in [-0.3, -0.25) is 5.10 Å². The first-order chi connectivity index (χ1) is 11.0. The number of aromatic nitrogens is 4. The normalized spacial score (nSPS) is 11.1. The molecule has 7 heteroatoms. The third-order valence-electron chi connectivity index (χ3n) is 3.77. The molecule has 0 bridgehead atoms. The molecule has 2 N–H and O–H groups in total. The number of hydrogen-bond donors (Lipinski definition) is 2. The van der Waals surface area contributed by atoms with Crippen LogP contribution in [0.3, 0.4) is 0 Å². The zero-order valence-corrected chi connectivity index (χ0v) is 13.1. The van der Waals surface area contributed by atoms with Crippen LogP contribution in [0, 0.1) is 0 Å². The van der Waals surface area contributed by atoms with E-state index in [0.29, 0.717) is 22.5 Å². The highest BCUT2D eigenvalue weighted by atomic mass is 16.4. The van der Waals surface area contributed by atoms with E-state index in [2.05, 4.69) is 34.0 Å². The van der Waals surface area contributed by atoms with E-state index >= 15 is 0 Å². The molecule has 0 aliphatic heterocycles. The van der Waals surface area contributed by atoms with Crippen molar-refractivity contribution in [1.29, 1.82) is 0 Å². The number of carbonyl (C=O) groups is 1. The van der Waals surface area contributed by atoms with Gasteiger partial charge in [-0.25, -0.2) is 14.8 Å². The highest BCUT2D eigenvalue weighted by Gasteiger charge is 2.18. The van der Waals surface area contributed by atoms with Crippen LogP contribution < -0.4 is 4.90 Å². The number of H-pyrrole nitrogens is 1. The third-order valence-corrected chi connectivity index (χ3v) is 3.77. The molecule has 7 nitrogen and oxygen atoms in total. The van der Waals surface area contributed by atoms with Gasteiger partial charge in [0.25, 0.3) is 0 Å². The van der Waals surface area contributed by atoms with Gasteiger partial charge in [0.1, 0.15) is 5.69 Å². The number of carboxylic acid groups (broad SMARTS) is 1. The smallest absolute Gasteiger partial charge is 0.335 e. The number of carboxylic acids is 1. The molecule has 0 aliphatic rings. The van der Waals surface area contributed by atoms with Crippen molar-refractivity contribution in [2.45, 2.75) is 19.9 Å². The molecule has 0 aliphatic carbocycles. The summed E-state index contributed by atoms with van der Waals surface area (Å²) in [6.45, 7) is 4.11. The Morgan fingerprint density at radius 1 is 1.26 bits per heavy atom. The van der Waals surface area contributed by atoms with Gasteiger partial charge in [0, 0.05) is 24.8 Å². The lowest BCUT2D eigenvalue weighted by molar-refractivity contribution is 0.0697. The molecular formula is C16H17N5O2. The highest BCUT2D eigenvalue weighted by Crippen LogP contribution is 2.29. The predicted molar refractivity (Wildman–Crippen MR) is 87.6 cm³/mol. The minimum Gasteiger partial charge on any atom is -0.478 e. The Morgan fingerprint density at radius 2 is 2.04 bits per heavy atom. The summed E-state index contributed by atoms with van der Waals surface area (Å²) in [4.78, 5) is 22.5. The predicted octanol–water partition coefficient (Wildman–Crippen LogP) is 2.56. The summed E-state index contributed by atoms with van der Waals surface area (Å²) in [6.07, 6.45) is 3.46. The Bertz CT molecular complexity index is 858. The topological polar surface area (TPSA) is 95.0 Å². The third kappa shape index (κ3) is 2.73. The van der Waals surface area contributed by atoms with Crippen LogP contribution in [0.5, 0.6) is 0 Å². The van der Waals surface area contributed by atoms with Crippen molar-refractivity contribution in [3.05, 3.63) is 36.2 Å². The molecule has 0 saturated heterocycles. The summed E-state index contributed by atoms with van der Waals surface area (Å²) in [6, 6.07) is 4.97. The SMILES string of the molecule is CC(C)N(C)c1nc2cc(C(=O)O)ccc2nc1-c1cn[nH]c1. The molecule has 0 amide bonds. The Hall–Kier alpha value is -2.96. The molecule has 0 unspecified atom stereocenters. The number of aromatic amines is 1. The van der Waals surface area contributed by atoms with Crippen molar-refractivity contribution >= 4 is 22.8 Å². The van der Waals surface area contributed by atoms with E-state index in [4.69, 9.17) is 5.11 Å². The molecular weight excluding hydrogens is 294 g/mol. The van der Waals surface area contributed by atoms with Crippen LogP contribution in [0.2, 0.25) is 0 Å². The van der Waals surface area contributed by atoms with Crippen molar-refractivity contribution in [2.24, 2.45) is 0 Å². The molecule has 2 heterocycles. The van der Waals surface area contributed by atoms with Crippen LogP contribution in [0.25, 0.3) is 22.3 Å². The largest absolute Gasteiger partial charge is 0.478 e. The summed E-state index contributed by atoms with van der Waals surface area (Å²) in [7, 11) is 1.94. The van der Waals surface area contributed by atoms with Crippen LogP contribution in [0.15, 0.2) is 30.6 Å². The van der Waals surface area contributed by atoms with Gasteiger partial charge in [-0.1, -0.05) is 0 Å². The molecule has 1 aromatic carbocycles. The van der Waals surface area contributed by atoms with Gasteiger partial charge in [0.05, 0.1) is 22.8 Å². The van der Waals surface area contributed by atoms with E-state index < -0.39 is 5.97 Å². The van der Waals surface area contributed by atoms with Crippen LogP contribution >= 0.6 is 0 Å². The summed E-state index contributed by atoms with van der Waals surface area (Å²) in [5, 5.41) is 15.9. The van der Waals surface area contributed by atoms with E-state index in [-0.39, 0.29) is 11.6 Å². The molecule has 23 heavy (non-hydrogen) atoms. The number of nitrogens with one attached hydrogen (secondary N) is 1. The zero-order chi connectivity index (χ0) is 16.6. The van der Waals surface area contributed by atoms with E-state index in [1.54, 1.807) is 24.5 Å². The first-order valence-corrected chi connectivity index (χ1v) is 7.24. The fourth-order valence-corrected chi connectivity index (χ4v) is 2.24. The van der Waals surface area contributed by atoms with Crippen LogP contribution in [-0.2, 0) is 0 Å². The minimum absolute atomic E-state index is 0.195. The summed E-state index contributed by atoms with van der Waals surface area (Å²) in [5.41, 5.74) is 2.95. The van der Waals surface area contributed by atoms with Gasteiger partial charge in [0.2, 0.25) is 0 Å². The maximum absolute atomic E-state index is 11.2. The highest BCUT2D eigenvalue weighted by molar-refractivity contribution is 5.93. The standard InChI is InChI=1S/C16H17N5O2/c1-9(2)21(3)15-14(11-7-17-18-8-11)19-12-5-4-10(16(22)23)6-13(12)20-15/h4-9H,1-3H3,(H,17,18)(H,22,23). The molecule has 118 valence electrons. The Balaban J connectivity index is 2.26.